The third kappa shape index (κ3) is 11.8. The highest BCUT2D eigenvalue weighted by atomic mass is 16.8. The van der Waals surface area contributed by atoms with Crippen molar-refractivity contribution in [2.75, 3.05) is 33.0 Å². The van der Waals surface area contributed by atoms with Crippen molar-refractivity contribution in [3.8, 4) is 0 Å². The Bertz CT molecular complexity index is 1660. The van der Waals surface area contributed by atoms with E-state index in [4.69, 9.17) is 42.6 Å². The maximum Gasteiger partial charge on any atom is 0.364 e. The fraction of sp³-hybridized carbons (Fsp3) is 0.919. The molecule has 26 atom stereocenters. The minimum absolute atomic E-state index is 0.818. The molecule has 2 amide bonds. The Hall–Kier alpha value is -2.59. The summed E-state index contributed by atoms with van der Waals surface area (Å²) in [7, 11) is 0. The Morgan fingerprint density at radius 3 is 1.53 bits per heavy atom. The lowest BCUT2D eigenvalue weighted by atomic mass is 9.88. The first-order chi connectivity index (χ1) is 32.0. The van der Waals surface area contributed by atoms with Gasteiger partial charge in [0.25, 0.3) is 5.79 Å². The molecule has 5 saturated heterocycles. The van der Waals surface area contributed by atoms with Crippen molar-refractivity contribution in [2.45, 2.75) is 179 Å². The van der Waals surface area contributed by atoms with Crippen LogP contribution in [0.2, 0.25) is 0 Å². The first kappa shape index (κ1) is 56.3. The van der Waals surface area contributed by atoms with E-state index < -0.39 is 216 Å². The summed E-state index contributed by atoms with van der Waals surface area (Å²) in [6, 6.07) is -3.51. The SMILES string of the molecule is CC(=O)N[C@H]1[C@H](O[C@H]2[C@@H](O)[C@@H](CO)O[C@@H](O[C@H]3[C@H](O)[C@@H](O)[C@H](O)O[C@@H]3CO)[C@@H]2O)O[C@H](CO)[C@H](O)[C@@H]1O[C@@H]1O[C@H](CO)[C@H](O)[C@H](O[C@]2(C(=O)O)C[C@H](O)[C@@H](NC(C)=O)[C@H]([C@H](O)[C@H](O)CO)O2)[C@H]1O. The number of carboxylic acids is 1. The highest BCUT2D eigenvalue weighted by Gasteiger charge is 2.61. The van der Waals surface area contributed by atoms with Gasteiger partial charge in [-0.25, -0.2) is 4.79 Å². The van der Waals surface area contributed by atoms with Gasteiger partial charge in [0.2, 0.25) is 11.8 Å². The molecule has 5 fully saturated rings. The van der Waals surface area contributed by atoms with E-state index >= 15 is 0 Å². The molecule has 31 heteroatoms. The standard InChI is InChI=1S/C37H62N2O29/c1-9(45)38-17-11(47)3-37(36(58)59,67-29(17)19(49)12(48)4-40)68-31-22(52)15(7-43)63-35(26(31)56)65-28-18(39-10(2)46)33(61-13(5-41)20(28)50)66-30-21(51)14(6-42)62-34(25(30)55)64-27-16(8-44)60-32(57)24(54)23(27)53/h11-35,40-44,47-57H,3-8H2,1-2H3,(H,38,45)(H,39,46)(H,58,59)/t11-,12+,13+,14+,15+,16+,17+,18+,19+,20-,21-,22-,23+,24+,25+,26+,27+,28+,29+,30-,31-,32+,33-,34-,35-,37-/m0/s1. The van der Waals surface area contributed by atoms with Crippen LogP contribution < -0.4 is 10.6 Å². The maximum atomic E-state index is 13.0. The molecule has 5 aliphatic rings. The van der Waals surface area contributed by atoms with Gasteiger partial charge in [-0.1, -0.05) is 0 Å². The molecule has 0 aliphatic carbocycles. The molecule has 5 aliphatic heterocycles. The lowest BCUT2D eigenvalue weighted by molar-refractivity contribution is -0.389. The molecular formula is C37H62N2O29. The van der Waals surface area contributed by atoms with E-state index in [1.165, 1.54) is 0 Å². The van der Waals surface area contributed by atoms with Crippen LogP contribution in [0.4, 0.5) is 0 Å². The van der Waals surface area contributed by atoms with Crippen LogP contribution in [-0.4, -0.2) is 297 Å². The van der Waals surface area contributed by atoms with E-state index in [9.17, 15) is 101 Å². The second-order valence-electron chi connectivity index (χ2n) is 16.8. The lowest BCUT2D eigenvalue weighted by Gasteiger charge is -2.51. The largest absolute Gasteiger partial charge is 0.477 e. The Balaban J connectivity index is 1.45. The monoisotopic (exact) mass is 998 g/mol. The summed E-state index contributed by atoms with van der Waals surface area (Å²) in [5.74, 6) is -6.99. The first-order valence-electron chi connectivity index (χ1n) is 21.2. The molecule has 0 spiro atoms. The third-order valence-corrected chi connectivity index (χ3v) is 12.1. The van der Waals surface area contributed by atoms with Gasteiger partial charge in [0, 0.05) is 20.3 Å². The number of aliphatic hydroxyl groups excluding tert-OH is 16. The van der Waals surface area contributed by atoms with E-state index in [2.05, 4.69) is 10.6 Å². The Kier molecular flexibility index (Phi) is 19.7. The molecule has 5 heterocycles. The van der Waals surface area contributed by atoms with Crippen molar-refractivity contribution in [1.82, 2.24) is 10.6 Å². The number of nitrogens with one attached hydrogen (secondary N) is 2. The van der Waals surface area contributed by atoms with Crippen LogP contribution in [0, 0.1) is 0 Å². The van der Waals surface area contributed by atoms with Crippen LogP contribution in [0.15, 0.2) is 0 Å². The number of aliphatic carboxylic acids is 1. The minimum atomic E-state index is -3.19. The number of ether oxygens (including phenoxy) is 9. The molecule has 0 aromatic carbocycles. The van der Waals surface area contributed by atoms with Crippen LogP contribution >= 0.6 is 0 Å². The van der Waals surface area contributed by atoms with Gasteiger partial charge >= 0.3 is 5.97 Å². The van der Waals surface area contributed by atoms with E-state index in [-0.39, 0.29) is 0 Å². The summed E-state index contributed by atoms with van der Waals surface area (Å²) in [5, 5.41) is 185. The summed E-state index contributed by atoms with van der Waals surface area (Å²) in [5.41, 5.74) is 0. The van der Waals surface area contributed by atoms with Gasteiger partial charge in [0.05, 0.1) is 45.2 Å². The van der Waals surface area contributed by atoms with Gasteiger partial charge in [-0.05, 0) is 0 Å². The van der Waals surface area contributed by atoms with Gasteiger partial charge in [0.1, 0.15) is 116 Å². The molecule has 19 N–H and O–H groups in total. The van der Waals surface area contributed by atoms with Gasteiger partial charge < -0.3 is 140 Å². The van der Waals surface area contributed by atoms with Crippen LogP contribution in [0.1, 0.15) is 20.3 Å². The number of carbonyl (C=O) groups excluding carboxylic acids is 2. The maximum absolute atomic E-state index is 13.0. The summed E-state index contributed by atoms with van der Waals surface area (Å²) in [6.45, 7) is -3.28. The Morgan fingerprint density at radius 1 is 0.574 bits per heavy atom. The predicted molar refractivity (Wildman–Crippen MR) is 207 cm³/mol. The van der Waals surface area contributed by atoms with Crippen molar-refractivity contribution in [3.63, 3.8) is 0 Å². The van der Waals surface area contributed by atoms with Crippen LogP contribution in [0.25, 0.3) is 0 Å². The highest BCUT2D eigenvalue weighted by molar-refractivity contribution is 5.76. The fourth-order valence-electron chi connectivity index (χ4n) is 8.53. The van der Waals surface area contributed by atoms with Gasteiger partial charge in [-0.3, -0.25) is 9.59 Å². The summed E-state index contributed by atoms with van der Waals surface area (Å²) < 4.78 is 50.7. The summed E-state index contributed by atoms with van der Waals surface area (Å²) in [4.78, 5) is 37.7. The second-order valence-corrected chi connectivity index (χ2v) is 16.8. The lowest BCUT2D eigenvalue weighted by Crippen LogP contribution is -2.71. The molecule has 0 saturated carbocycles. The number of hydrogen-bond acceptors (Lipinski definition) is 28. The number of carboxylic acid groups (broad SMARTS) is 1. The van der Waals surface area contributed by atoms with Crippen molar-refractivity contribution >= 4 is 17.8 Å². The van der Waals surface area contributed by atoms with Gasteiger partial charge in [-0.2, -0.15) is 0 Å². The van der Waals surface area contributed by atoms with E-state index in [0.717, 1.165) is 13.8 Å². The molecule has 68 heavy (non-hydrogen) atoms. The number of rotatable bonds is 18. The minimum Gasteiger partial charge on any atom is -0.477 e. The molecule has 31 nitrogen and oxygen atoms in total. The average Bonchev–Trinajstić information content (AvgIpc) is 3.29. The zero-order valence-electron chi connectivity index (χ0n) is 36.2. The van der Waals surface area contributed by atoms with Crippen molar-refractivity contribution < 1.29 is 144 Å². The number of aliphatic hydroxyl groups is 16. The summed E-state index contributed by atoms with van der Waals surface area (Å²) >= 11 is 0. The molecule has 0 unspecified atom stereocenters. The van der Waals surface area contributed by atoms with Crippen molar-refractivity contribution in [2.24, 2.45) is 0 Å². The van der Waals surface area contributed by atoms with E-state index in [1.54, 1.807) is 0 Å². The zero-order chi connectivity index (χ0) is 50.7. The molecular weight excluding hydrogens is 936 g/mol. The zero-order valence-corrected chi connectivity index (χ0v) is 36.2. The predicted octanol–water partition coefficient (Wildman–Crippen LogP) is -12.4. The molecule has 5 rings (SSSR count). The molecule has 0 aromatic rings. The second kappa shape index (κ2) is 23.8. The van der Waals surface area contributed by atoms with Crippen LogP contribution in [0.3, 0.4) is 0 Å². The first-order valence-corrected chi connectivity index (χ1v) is 21.2. The third-order valence-electron chi connectivity index (χ3n) is 12.1. The molecule has 0 bridgehead atoms. The molecule has 394 valence electrons. The Morgan fingerprint density at radius 2 is 1.03 bits per heavy atom. The quantitative estimate of drug-likeness (QED) is 0.0606. The molecule has 0 aromatic heterocycles. The number of hydrogen-bond donors (Lipinski definition) is 19. The highest BCUT2D eigenvalue weighted by Crippen LogP contribution is 2.39. The number of carbonyl (C=O) groups is 3. The fourth-order valence-corrected chi connectivity index (χ4v) is 8.53. The van der Waals surface area contributed by atoms with Crippen molar-refractivity contribution in [1.29, 1.82) is 0 Å². The normalized spacial score (nSPS) is 46.6. The van der Waals surface area contributed by atoms with Gasteiger partial charge in [-0.15, -0.1) is 0 Å². The van der Waals surface area contributed by atoms with Crippen LogP contribution in [0.5, 0.6) is 0 Å². The smallest absolute Gasteiger partial charge is 0.364 e. The molecule has 0 radical (unpaired) electrons. The average molecular weight is 999 g/mol. The number of amides is 2. The van der Waals surface area contributed by atoms with Crippen molar-refractivity contribution in [3.05, 3.63) is 0 Å². The Labute approximate surface area is 384 Å². The summed E-state index contributed by atoms with van der Waals surface area (Å²) in [6.07, 6.45) is -47.6. The topological polar surface area (TPSA) is 502 Å². The van der Waals surface area contributed by atoms with Gasteiger partial charge in [0.15, 0.2) is 25.2 Å². The van der Waals surface area contributed by atoms with E-state index in [0.29, 0.717) is 0 Å². The van der Waals surface area contributed by atoms with Crippen LogP contribution in [-0.2, 0) is 57.0 Å². The van der Waals surface area contributed by atoms with E-state index in [1.807, 2.05) is 0 Å².